The van der Waals surface area contributed by atoms with Gasteiger partial charge in [-0.3, -0.25) is 4.79 Å². The molecule has 0 aromatic carbocycles. The fourth-order valence-electron chi connectivity index (χ4n) is 2.75. The van der Waals surface area contributed by atoms with Crippen LogP contribution in [0.3, 0.4) is 0 Å². The molecule has 112 valence electrons. The largest absolute Gasteiger partial charge is 0.384 e. The number of hydrogen-bond donors (Lipinski definition) is 1. The quantitative estimate of drug-likeness (QED) is 0.787. The van der Waals surface area contributed by atoms with Gasteiger partial charge in [0.25, 0.3) is 5.91 Å². The van der Waals surface area contributed by atoms with Gasteiger partial charge in [0, 0.05) is 18.7 Å². The number of nitrogen functional groups attached to an aromatic ring is 1. The van der Waals surface area contributed by atoms with Crippen LogP contribution in [-0.2, 0) is 0 Å². The second kappa shape index (κ2) is 5.10. The molecule has 1 fully saturated rings. The van der Waals surface area contributed by atoms with Gasteiger partial charge < -0.3 is 10.6 Å². The number of hydrogen-bond acceptors (Lipinski definition) is 5. The molecule has 3 aromatic heterocycles. The molecule has 0 spiro atoms. The number of carbonyl (C=O) groups is 1. The van der Waals surface area contributed by atoms with Crippen molar-refractivity contribution in [2.24, 2.45) is 0 Å². The summed E-state index contributed by atoms with van der Waals surface area (Å²) in [5, 5.41) is 6.40. The predicted molar refractivity (Wildman–Crippen MR) is 85.8 cm³/mol. The fraction of sp³-hybridized carbons (Fsp3) is 0.267. The highest BCUT2D eigenvalue weighted by molar-refractivity contribution is 7.13. The second-order valence-corrected chi connectivity index (χ2v) is 6.30. The highest BCUT2D eigenvalue weighted by atomic mass is 32.1. The third kappa shape index (κ3) is 2.14. The van der Waals surface area contributed by atoms with Gasteiger partial charge in [0.1, 0.15) is 5.82 Å². The lowest BCUT2D eigenvalue weighted by Crippen LogP contribution is -2.27. The van der Waals surface area contributed by atoms with Crippen LogP contribution >= 0.6 is 11.3 Å². The molecule has 0 atom stereocenters. The van der Waals surface area contributed by atoms with E-state index >= 15 is 0 Å². The highest BCUT2D eigenvalue weighted by Gasteiger charge is 2.21. The fourth-order valence-corrected chi connectivity index (χ4v) is 3.40. The Morgan fingerprint density at radius 1 is 1.27 bits per heavy atom. The van der Waals surface area contributed by atoms with Gasteiger partial charge >= 0.3 is 0 Å². The summed E-state index contributed by atoms with van der Waals surface area (Å²) >= 11 is 1.57. The van der Waals surface area contributed by atoms with Gasteiger partial charge in [-0.15, -0.1) is 16.4 Å². The van der Waals surface area contributed by atoms with Crippen LogP contribution in [0.2, 0.25) is 0 Å². The molecule has 2 N–H and O–H groups in total. The zero-order chi connectivity index (χ0) is 15.1. The number of anilines is 1. The summed E-state index contributed by atoms with van der Waals surface area (Å²) in [6.07, 6.45) is 2.13. The molecular weight excluding hydrogens is 298 g/mol. The molecular formula is C15H15N5OS. The molecule has 0 saturated carbocycles. The van der Waals surface area contributed by atoms with Crippen molar-refractivity contribution >= 4 is 28.7 Å². The van der Waals surface area contributed by atoms with E-state index in [0.29, 0.717) is 22.9 Å². The zero-order valence-electron chi connectivity index (χ0n) is 11.9. The third-order valence-corrected chi connectivity index (χ3v) is 4.71. The molecule has 6 nitrogen and oxygen atoms in total. The molecule has 1 aliphatic heterocycles. The van der Waals surface area contributed by atoms with Gasteiger partial charge in [-0.25, -0.2) is 4.98 Å². The van der Waals surface area contributed by atoms with Crippen molar-refractivity contribution in [2.75, 3.05) is 18.8 Å². The Kier molecular flexibility index (Phi) is 3.07. The number of rotatable bonds is 2. The molecule has 1 aliphatic rings. The number of amides is 1. The molecule has 1 saturated heterocycles. The van der Waals surface area contributed by atoms with Gasteiger partial charge in [-0.2, -0.15) is 4.52 Å². The Morgan fingerprint density at radius 3 is 2.82 bits per heavy atom. The van der Waals surface area contributed by atoms with E-state index in [2.05, 4.69) is 10.1 Å². The third-order valence-electron chi connectivity index (χ3n) is 3.85. The minimum Gasteiger partial charge on any atom is -0.384 e. The average Bonchev–Trinajstić information content (AvgIpc) is 3.25. The molecule has 4 heterocycles. The van der Waals surface area contributed by atoms with E-state index < -0.39 is 0 Å². The van der Waals surface area contributed by atoms with E-state index in [-0.39, 0.29) is 5.91 Å². The Hall–Kier alpha value is -2.41. The standard InChI is InChI=1S/C15H15N5OS/c16-12-8-10(15(21)19-5-1-2-6-19)9-13-17-14(18-20(12)13)11-4-3-7-22-11/h3-4,7-9H,1-2,5-6,16H2. The van der Waals surface area contributed by atoms with Gasteiger partial charge in [0.15, 0.2) is 11.5 Å². The highest BCUT2D eigenvalue weighted by Crippen LogP contribution is 2.24. The second-order valence-electron chi connectivity index (χ2n) is 5.35. The Morgan fingerprint density at radius 2 is 2.09 bits per heavy atom. The molecule has 3 aromatic rings. The van der Waals surface area contributed by atoms with E-state index in [1.54, 1.807) is 28.0 Å². The van der Waals surface area contributed by atoms with Crippen molar-refractivity contribution in [1.29, 1.82) is 0 Å². The summed E-state index contributed by atoms with van der Waals surface area (Å²) in [6, 6.07) is 7.37. The molecule has 0 bridgehead atoms. The van der Waals surface area contributed by atoms with Crippen LogP contribution < -0.4 is 5.73 Å². The molecule has 7 heteroatoms. The van der Waals surface area contributed by atoms with E-state index in [9.17, 15) is 4.79 Å². The maximum atomic E-state index is 12.5. The topological polar surface area (TPSA) is 76.5 Å². The minimum absolute atomic E-state index is 0.0207. The smallest absolute Gasteiger partial charge is 0.254 e. The molecule has 4 rings (SSSR count). The van der Waals surface area contributed by atoms with Crippen LogP contribution in [0, 0.1) is 0 Å². The summed E-state index contributed by atoms with van der Waals surface area (Å²) < 4.78 is 1.58. The molecule has 0 unspecified atom stereocenters. The first-order chi connectivity index (χ1) is 10.7. The normalized spacial score (nSPS) is 14.8. The number of likely N-dealkylation sites (tertiary alicyclic amines) is 1. The number of nitrogens with zero attached hydrogens (tertiary/aromatic N) is 4. The van der Waals surface area contributed by atoms with Gasteiger partial charge in [0.2, 0.25) is 0 Å². The van der Waals surface area contributed by atoms with E-state index in [1.807, 2.05) is 22.4 Å². The zero-order valence-corrected chi connectivity index (χ0v) is 12.7. The number of nitrogens with two attached hydrogens (primary N) is 1. The van der Waals surface area contributed by atoms with Crippen LogP contribution in [0.1, 0.15) is 23.2 Å². The number of aromatic nitrogens is 3. The SMILES string of the molecule is Nc1cc(C(=O)N2CCCC2)cc2nc(-c3cccs3)nn12. The Bertz CT molecular complexity index is 833. The summed E-state index contributed by atoms with van der Waals surface area (Å²) in [5.41, 5.74) is 7.24. The van der Waals surface area contributed by atoms with E-state index in [1.165, 1.54) is 0 Å². The van der Waals surface area contributed by atoms with Gasteiger partial charge in [0.05, 0.1) is 4.88 Å². The first-order valence-electron chi connectivity index (χ1n) is 7.22. The van der Waals surface area contributed by atoms with Crippen molar-refractivity contribution in [2.45, 2.75) is 12.8 Å². The van der Waals surface area contributed by atoms with Crippen molar-refractivity contribution < 1.29 is 4.79 Å². The van der Waals surface area contributed by atoms with Crippen LogP contribution in [0.5, 0.6) is 0 Å². The summed E-state index contributed by atoms with van der Waals surface area (Å²) in [7, 11) is 0. The maximum absolute atomic E-state index is 12.5. The van der Waals surface area contributed by atoms with Crippen LogP contribution in [-0.4, -0.2) is 38.5 Å². The molecule has 22 heavy (non-hydrogen) atoms. The van der Waals surface area contributed by atoms with Crippen LogP contribution in [0.15, 0.2) is 29.6 Å². The van der Waals surface area contributed by atoms with Crippen molar-refractivity contribution in [3.05, 3.63) is 35.2 Å². The lowest BCUT2D eigenvalue weighted by molar-refractivity contribution is 0.0793. The first-order valence-corrected chi connectivity index (χ1v) is 8.10. The number of pyridine rings is 1. The maximum Gasteiger partial charge on any atom is 0.254 e. The molecule has 1 amide bonds. The minimum atomic E-state index is 0.0207. The lowest BCUT2D eigenvalue weighted by Gasteiger charge is -2.15. The monoisotopic (exact) mass is 313 g/mol. The van der Waals surface area contributed by atoms with Crippen LogP contribution in [0.4, 0.5) is 5.82 Å². The van der Waals surface area contributed by atoms with Crippen LogP contribution in [0.25, 0.3) is 16.3 Å². The van der Waals surface area contributed by atoms with Gasteiger partial charge in [-0.1, -0.05) is 6.07 Å². The number of thiophene rings is 1. The van der Waals surface area contributed by atoms with Gasteiger partial charge in [-0.05, 0) is 36.4 Å². The van der Waals surface area contributed by atoms with E-state index in [0.717, 1.165) is 30.8 Å². The molecule has 0 radical (unpaired) electrons. The average molecular weight is 313 g/mol. The number of fused-ring (bicyclic) bond motifs is 1. The Labute approximate surface area is 131 Å². The van der Waals surface area contributed by atoms with Crippen molar-refractivity contribution in [3.8, 4) is 10.7 Å². The summed E-state index contributed by atoms with van der Waals surface area (Å²) in [5.74, 6) is 1.08. The van der Waals surface area contributed by atoms with Crippen molar-refractivity contribution in [1.82, 2.24) is 19.5 Å². The first kappa shape index (κ1) is 13.3. The Balaban J connectivity index is 1.77. The number of carbonyl (C=O) groups excluding carboxylic acids is 1. The summed E-state index contributed by atoms with van der Waals surface area (Å²) in [6.45, 7) is 1.63. The van der Waals surface area contributed by atoms with E-state index in [4.69, 9.17) is 5.73 Å². The van der Waals surface area contributed by atoms with Crippen molar-refractivity contribution in [3.63, 3.8) is 0 Å². The molecule has 0 aliphatic carbocycles. The lowest BCUT2D eigenvalue weighted by atomic mass is 10.2. The summed E-state index contributed by atoms with van der Waals surface area (Å²) in [4.78, 5) is 19.8. The predicted octanol–water partition coefficient (Wildman–Crippen LogP) is 2.28.